The van der Waals surface area contributed by atoms with Gasteiger partial charge in [0.2, 0.25) is 0 Å². The smallest absolute Gasteiger partial charge is 0.252 e. The first kappa shape index (κ1) is 44.2. The molecule has 0 unspecified atom stereocenters. The Balaban J connectivity index is 1.06. The number of hydrogen-bond donors (Lipinski definition) is 0. The molecule has 0 radical (unpaired) electrons. The van der Waals surface area contributed by atoms with Gasteiger partial charge >= 0.3 is 0 Å². The minimum absolute atomic E-state index is 0.152. The fraction of sp³-hybridized carbons (Fsp3) is 0. The van der Waals surface area contributed by atoms with E-state index in [1.54, 1.807) is 0 Å². The standard InChI is InChI=1S/C72H46BN3O/c1-6-19-49(20-7-1)53-33-39-58(40-34-53)75-64-43-37-55(51-23-10-3-11-24-51)45-62(64)73-63-46-56(52-25-12-4-13-26-52)38-44-65(63)76(59-41-35-54(36-42-59)50-21-8-2-9-22-50)68-48-60(47-67(75)72(68)73)74(57-27-14-5-15-28-57)66-30-18-32-70-71(66)61-29-16-17-31-69(61)77-70/h1-17,19-31,33-48H. The van der Waals surface area contributed by atoms with Crippen LogP contribution < -0.4 is 41.7 Å². The molecule has 12 aromatic rings. The van der Waals surface area contributed by atoms with Crippen LogP contribution in [0.3, 0.4) is 0 Å². The van der Waals surface area contributed by atoms with Gasteiger partial charge in [0, 0.05) is 51.3 Å². The lowest BCUT2D eigenvalue weighted by molar-refractivity contribution is 0.576. The van der Waals surface area contributed by atoms with Crippen LogP contribution in [0.5, 0.6) is 0 Å². The van der Waals surface area contributed by atoms with Gasteiger partial charge < -0.3 is 19.1 Å². The fourth-order valence-corrected chi connectivity index (χ4v) is 12.0. The molecule has 0 atom stereocenters. The maximum absolute atomic E-state index is 6.54. The van der Waals surface area contributed by atoms with Crippen molar-refractivity contribution in [2.75, 3.05) is 14.7 Å². The zero-order valence-electron chi connectivity index (χ0n) is 41.9. The van der Waals surface area contributed by atoms with Gasteiger partial charge in [0.05, 0.1) is 16.6 Å². The van der Waals surface area contributed by atoms with Crippen LogP contribution in [0.25, 0.3) is 66.9 Å². The van der Waals surface area contributed by atoms with Gasteiger partial charge in [0.1, 0.15) is 5.58 Å². The average molecular weight is 980 g/mol. The summed E-state index contributed by atoms with van der Waals surface area (Å²) in [7, 11) is 0. The molecule has 77 heavy (non-hydrogen) atoms. The first-order chi connectivity index (χ1) is 38.2. The van der Waals surface area contributed by atoms with Crippen molar-refractivity contribution in [3.05, 3.63) is 295 Å². The molecule has 2 aliphatic heterocycles. The van der Waals surface area contributed by atoms with Crippen LogP contribution in [0.4, 0.5) is 45.5 Å². The molecule has 1 aliphatic carbocycles. The van der Waals surface area contributed by atoms with Crippen molar-refractivity contribution in [2.45, 2.75) is 0 Å². The van der Waals surface area contributed by atoms with E-state index in [1.165, 1.54) is 49.8 Å². The Hall–Kier alpha value is -10.3. The molecule has 15 rings (SSSR count). The largest absolute Gasteiger partial charge is 0.447 e. The summed E-state index contributed by atoms with van der Waals surface area (Å²) in [4.78, 5) is 7.41. The molecule has 0 bridgehead atoms. The van der Waals surface area contributed by atoms with E-state index in [0.29, 0.717) is 5.42 Å². The van der Waals surface area contributed by atoms with E-state index < -0.39 is 0 Å². The second kappa shape index (κ2) is 18.3. The van der Waals surface area contributed by atoms with Crippen LogP contribution in [0.2, 0.25) is 0 Å². The summed E-state index contributed by atoms with van der Waals surface area (Å²) in [5.74, 6) is 0. The van der Waals surface area contributed by atoms with Gasteiger partial charge in [-0.2, -0.15) is 0 Å². The lowest BCUT2D eigenvalue weighted by Gasteiger charge is -2.45. The van der Waals surface area contributed by atoms with Gasteiger partial charge in [-0.15, -0.1) is 0 Å². The lowest BCUT2D eigenvalue weighted by Crippen LogP contribution is -2.61. The SMILES string of the molecule is C1=C=c2oc3ccccc3c2=C(N(c2ccccc2)c2cc3c4c(c2)N(c2ccc(-c5ccccc5)cc2)c2ccc(-c5ccccc5)cc2B4c2cc(-c4ccccc4)ccc2N3c2ccc(-c3ccccc3)cc2)C=1. The van der Waals surface area contributed by atoms with Crippen LogP contribution in [-0.2, 0) is 0 Å². The van der Waals surface area contributed by atoms with Crippen molar-refractivity contribution >= 4 is 91.0 Å². The Bertz CT molecular complexity index is 4250. The Morgan fingerprint density at radius 1 is 0.364 bits per heavy atom. The molecule has 3 aliphatic rings. The number of benzene rings is 11. The van der Waals surface area contributed by atoms with Gasteiger partial charge in [-0.1, -0.05) is 212 Å². The fourth-order valence-electron chi connectivity index (χ4n) is 12.0. The van der Waals surface area contributed by atoms with Crippen LogP contribution in [0.1, 0.15) is 0 Å². The molecular weight excluding hydrogens is 934 g/mol. The van der Waals surface area contributed by atoms with E-state index in [4.69, 9.17) is 4.42 Å². The Labute approximate surface area is 447 Å². The van der Waals surface area contributed by atoms with Crippen LogP contribution >= 0.6 is 0 Å². The van der Waals surface area contributed by atoms with E-state index in [-0.39, 0.29) is 6.71 Å². The summed E-state index contributed by atoms with van der Waals surface area (Å²) in [6.45, 7) is -0.152. The normalized spacial score (nSPS) is 12.7. The lowest BCUT2D eigenvalue weighted by atomic mass is 9.33. The predicted octanol–water partition coefficient (Wildman–Crippen LogP) is 15.2. The van der Waals surface area contributed by atoms with Crippen molar-refractivity contribution < 1.29 is 4.42 Å². The van der Waals surface area contributed by atoms with E-state index in [9.17, 15) is 0 Å². The van der Waals surface area contributed by atoms with Crippen molar-refractivity contribution in [1.82, 2.24) is 0 Å². The second-order valence-corrected chi connectivity index (χ2v) is 19.9. The highest BCUT2D eigenvalue weighted by Gasteiger charge is 2.44. The van der Waals surface area contributed by atoms with Gasteiger partial charge in [0.25, 0.3) is 6.71 Å². The maximum atomic E-state index is 6.54. The summed E-state index contributed by atoms with van der Waals surface area (Å²) in [6.07, 6.45) is 2.06. The van der Waals surface area contributed by atoms with Gasteiger partial charge in [-0.25, -0.2) is 0 Å². The van der Waals surface area contributed by atoms with E-state index >= 15 is 0 Å². The van der Waals surface area contributed by atoms with Gasteiger partial charge in [-0.05, 0) is 133 Å². The van der Waals surface area contributed by atoms with E-state index in [2.05, 4.69) is 293 Å². The number of hydrogen-bond acceptors (Lipinski definition) is 4. The molecule has 1 aromatic heterocycles. The second-order valence-electron chi connectivity index (χ2n) is 19.9. The number of fused-ring (bicyclic) bond motifs is 7. The quantitative estimate of drug-likeness (QED) is 0.106. The molecule has 0 saturated heterocycles. The first-order valence-electron chi connectivity index (χ1n) is 26.3. The topological polar surface area (TPSA) is 22.9 Å². The highest BCUT2D eigenvalue weighted by atomic mass is 16.3. The minimum atomic E-state index is -0.152. The maximum Gasteiger partial charge on any atom is 0.252 e. The molecule has 358 valence electrons. The molecule has 4 nitrogen and oxygen atoms in total. The highest BCUT2D eigenvalue weighted by Crippen LogP contribution is 2.49. The zero-order valence-corrected chi connectivity index (χ0v) is 41.9. The van der Waals surface area contributed by atoms with Crippen LogP contribution in [-0.4, -0.2) is 6.71 Å². The molecule has 11 aromatic carbocycles. The Morgan fingerprint density at radius 2 is 0.779 bits per heavy atom. The molecule has 3 heterocycles. The summed E-state index contributed by atoms with van der Waals surface area (Å²) in [5, 5.41) is 2.00. The Morgan fingerprint density at radius 3 is 1.27 bits per heavy atom. The van der Waals surface area contributed by atoms with Crippen molar-refractivity contribution in [2.24, 2.45) is 0 Å². The zero-order chi connectivity index (χ0) is 50.8. The summed E-state index contributed by atoms with van der Waals surface area (Å²) < 4.78 is 6.54. The molecule has 0 amide bonds. The first-order valence-corrected chi connectivity index (χ1v) is 26.3. The van der Waals surface area contributed by atoms with E-state index in [1.807, 2.05) is 12.1 Å². The highest BCUT2D eigenvalue weighted by molar-refractivity contribution is 7.00. The number of furan rings is 1. The third-order valence-corrected chi connectivity index (χ3v) is 15.5. The van der Waals surface area contributed by atoms with Gasteiger partial charge in [-0.3, -0.25) is 0 Å². The third-order valence-electron chi connectivity index (χ3n) is 15.5. The molecule has 0 spiro atoms. The predicted molar refractivity (Wildman–Crippen MR) is 321 cm³/mol. The Kier molecular flexibility index (Phi) is 10.5. The van der Waals surface area contributed by atoms with Crippen LogP contribution in [0.15, 0.2) is 289 Å². The van der Waals surface area contributed by atoms with E-state index in [0.717, 1.165) is 78.5 Å². The number of anilines is 8. The number of nitrogens with zero attached hydrogens (tertiary/aromatic N) is 3. The number of rotatable bonds is 9. The van der Waals surface area contributed by atoms with Crippen LogP contribution in [0, 0.1) is 0 Å². The monoisotopic (exact) mass is 979 g/mol. The number of para-hydroxylation sites is 2. The molecule has 0 N–H and O–H groups in total. The molecule has 5 heteroatoms. The molecular formula is C72H46BN3O. The van der Waals surface area contributed by atoms with Crippen molar-refractivity contribution in [3.8, 4) is 44.5 Å². The average Bonchev–Trinajstić information content (AvgIpc) is 4.04. The summed E-state index contributed by atoms with van der Waals surface area (Å²) >= 11 is 0. The third kappa shape index (κ3) is 7.49. The molecule has 0 saturated carbocycles. The van der Waals surface area contributed by atoms with Crippen molar-refractivity contribution in [1.29, 1.82) is 0 Å². The summed E-state index contributed by atoms with van der Waals surface area (Å²) in [5.41, 5.74) is 30.8. The van der Waals surface area contributed by atoms with Gasteiger partial charge in [0.15, 0.2) is 5.42 Å². The minimum Gasteiger partial charge on any atom is -0.447 e. The summed E-state index contributed by atoms with van der Waals surface area (Å²) in [6, 6.07) is 99.2. The molecule has 0 fully saturated rings. The van der Waals surface area contributed by atoms with Crippen molar-refractivity contribution in [3.63, 3.8) is 0 Å².